The van der Waals surface area contributed by atoms with Crippen LogP contribution in [0.3, 0.4) is 0 Å². The number of hydrogen-bond donors (Lipinski definition) is 1. The standard InChI is InChI=1S/C17H24N2O2/c1-4-18-15(14-9-8-12(2)10-13(14)3)11-19-16(20)6-5-7-17(19)21/h8-10,15,18H,4-7,11H2,1-3H3. The maximum absolute atomic E-state index is 12.0. The molecule has 0 spiro atoms. The van der Waals surface area contributed by atoms with E-state index in [1.54, 1.807) is 0 Å². The molecule has 2 amide bonds. The Kier molecular flexibility index (Phi) is 5.12. The second kappa shape index (κ2) is 6.85. The molecule has 1 fully saturated rings. The number of likely N-dealkylation sites (tertiary alicyclic amines) is 1. The number of rotatable bonds is 5. The number of hydrogen-bond acceptors (Lipinski definition) is 3. The lowest BCUT2D eigenvalue weighted by Crippen LogP contribution is -2.45. The van der Waals surface area contributed by atoms with E-state index in [0.29, 0.717) is 25.8 Å². The summed E-state index contributed by atoms with van der Waals surface area (Å²) < 4.78 is 0. The smallest absolute Gasteiger partial charge is 0.229 e. The number of likely N-dealkylation sites (N-methyl/N-ethyl adjacent to an activating group) is 1. The Hall–Kier alpha value is -1.68. The number of piperidine rings is 1. The highest BCUT2D eigenvalue weighted by Gasteiger charge is 2.28. The van der Waals surface area contributed by atoms with Crippen LogP contribution in [0.4, 0.5) is 0 Å². The van der Waals surface area contributed by atoms with Gasteiger partial charge in [0.25, 0.3) is 0 Å². The van der Waals surface area contributed by atoms with Crippen LogP contribution in [0.1, 0.15) is 48.9 Å². The highest BCUT2D eigenvalue weighted by atomic mass is 16.2. The van der Waals surface area contributed by atoms with E-state index in [2.05, 4.69) is 37.4 Å². The summed E-state index contributed by atoms with van der Waals surface area (Å²) in [4.78, 5) is 25.4. The maximum atomic E-state index is 12.0. The molecule has 0 aliphatic carbocycles. The minimum Gasteiger partial charge on any atom is -0.309 e. The Morgan fingerprint density at radius 1 is 1.19 bits per heavy atom. The predicted molar refractivity (Wildman–Crippen MR) is 82.9 cm³/mol. The zero-order valence-corrected chi connectivity index (χ0v) is 13.1. The van der Waals surface area contributed by atoms with Crippen molar-refractivity contribution in [3.63, 3.8) is 0 Å². The summed E-state index contributed by atoms with van der Waals surface area (Å²) in [6.07, 6.45) is 1.65. The second-order valence-corrected chi connectivity index (χ2v) is 5.72. The van der Waals surface area contributed by atoms with Crippen molar-refractivity contribution in [2.45, 2.75) is 46.1 Å². The summed E-state index contributed by atoms with van der Waals surface area (Å²) in [6, 6.07) is 6.31. The van der Waals surface area contributed by atoms with Gasteiger partial charge in [0.05, 0.1) is 6.04 Å². The van der Waals surface area contributed by atoms with Crippen LogP contribution >= 0.6 is 0 Å². The Morgan fingerprint density at radius 2 is 1.86 bits per heavy atom. The molecule has 4 heteroatoms. The minimum absolute atomic E-state index is 0.00148. The van der Waals surface area contributed by atoms with Gasteiger partial charge in [0.15, 0.2) is 0 Å². The summed E-state index contributed by atoms with van der Waals surface area (Å²) in [5, 5.41) is 3.40. The average Bonchev–Trinajstić information content (AvgIpc) is 2.42. The molecule has 1 aliphatic heterocycles. The third-order valence-electron chi connectivity index (χ3n) is 4.00. The van der Waals surface area contributed by atoms with Crippen molar-refractivity contribution < 1.29 is 9.59 Å². The maximum Gasteiger partial charge on any atom is 0.229 e. The van der Waals surface area contributed by atoms with Crippen LogP contribution in [0.25, 0.3) is 0 Å². The number of nitrogens with zero attached hydrogens (tertiary/aromatic N) is 1. The second-order valence-electron chi connectivity index (χ2n) is 5.72. The molecule has 2 rings (SSSR count). The van der Waals surface area contributed by atoms with Crippen LogP contribution in [0.15, 0.2) is 18.2 Å². The van der Waals surface area contributed by atoms with Gasteiger partial charge in [-0.3, -0.25) is 14.5 Å². The number of nitrogens with one attached hydrogen (secondary N) is 1. The van der Waals surface area contributed by atoms with Gasteiger partial charge in [-0.2, -0.15) is 0 Å². The number of carbonyl (C=O) groups is 2. The molecule has 1 unspecified atom stereocenters. The Morgan fingerprint density at radius 3 is 2.43 bits per heavy atom. The number of aryl methyl sites for hydroxylation is 2. The van der Waals surface area contributed by atoms with Gasteiger partial charge in [-0.1, -0.05) is 30.7 Å². The number of benzene rings is 1. The van der Waals surface area contributed by atoms with Gasteiger partial charge in [-0.25, -0.2) is 0 Å². The fourth-order valence-corrected chi connectivity index (χ4v) is 2.92. The molecule has 1 saturated heterocycles. The first-order valence-corrected chi connectivity index (χ1v) is 7.66. The Balaban J connectivity index is 2.22. The fourth-order valence-electron chi connectivity index (χ4n) is 2.92. The lowest BCUT2D eigenvalue weighted by molar-refractivity contribution is -0.148. The third-order valence-corrected chi connectivity index (χ3v) is 4.00. The van der Waals surface area contributed by atoms with Crippen LogP contribution in [0.5, 0.6) is 0 Å². The van der Waals surface area contributed by atoms with Crippen molar-refractivity contribution in [3.05, 3.63) is 34.9 Å². The summed E-state index contributed by atoms with van der Waals surface area (Å²) in [5.41, 5.74) is 3.57. The molecule has 4 nitrogen and oxygen atoms in total. The van der Waals surface area contributed by atoms with E-state index in [1.165, 1.54) is 16.0 Å². The lowest BCUT2D eigenvalue weighted by atomic mass is 9.97. The van der Waals surface area contributed by atoms with E-state index in [1.807, 2.05) is 6.92 Å². The first-order chi connectivity index (χ1) is 10.0. The lowest BCUT2D eigenvalue weighted by Gasteiger charge is -2.30. The molecule has 1 aromatic rings. The third kappa shape index (κ3) is 3.70. The van der Waals surface area contributed by atoms with Gasteiger partial charge in [0.1, 0.15) is 0 Å². The molecule has 0 aromatic heterocycles. The molecular formula is C17H24N2O2. The summed E-state index contributed by atoms with van der Waals surface area (Å²) in [7, 11) is 0. The number of carbonyl (C=O) groups excluding carboxylic acids is 2. The van der Waals surface area contributed by atoms with E-state index >= 15 is 0 Å². The predicted octanol–water partition coefficient (Wildman–Crippen LogP) is 2.49. The first-order valence-electron chi connectivity index (χ1n) is 7.66. The zero-order valence-electron chi connectivity index (χ0n) is 13.1. The largest absolute Gasteiger partial charge is 0.309 e. The van der Waals surface area contributed by atoms with Gasteiger partial charge >= 0.3 is 0 Å². The van der Waals surface area contributed by atoms with Gasteiger partial charge < -0.3 is 5.32 Å². The van der Waals surface area contributed by atoms with Crippen LogP contribution in [0, 0.1) is 13.8 Å². The molecule has 21 heavy (non-hydrogen) atoms. The van der Waals surface area contributed by atoms with E-state index in [4.69, 9.17) is 0 Å². The van der Waals surface area contributed by atoms with E-state index < -0.39 is 0 Å². The van der Waals surface area contributed by atoms with E-state index in [-0.39, 0.29) is 17.9 Å². The molecule has 1 atom stereocenters. The Bertz CT molecular complexity index is 524. The van der Waals surface area contributed by atoms with Crippen LogP contribution in [-0.4, -0.2) is 29.8 Å². The molecule has 0 saturated carbocycles. The summed E-state index contributed by atoms with van der Waals surface area (Å²) in [6.45, 7) is 7.41. The monoisotopic (exact) mass is 288 g/mol. The number of amides is 2. The van der Waals surface area contributed by atoms with Gasteiger partial charge in [-0.15, -0.1) is 0 Å². The van der Waals surface area contributed by atoms with Crippen LogP contribution < -0.4 is 5.32 Å². The minimum atomic E-state index is -0.0427. The van der Waals surface area contributed by atoms with Crippen molar-refractivity contribution >= 4 is 11.8 Å². The molecule has 1 aromatic carbocycles. The first kappa shape index (κ1) is 15.7. The molecule has 1 aliphatic rings. The molecule has 114 valence electrons. The molecule has 1 N–H and O–H groups in total. The zero-order chi connectivity index (χ0) is 15.4. The van der Waals surface area contributed by atoms with E-state index in [9.17, 15) is 9.59 Å². The summed E-state index contributed by atoms with van der Waals surface area (Å²) in [5.74, 6) is -0.0853. The quantitative estimate of drug-likeness (QED) is 0.847. The van der Waals surface area contributed by atoms with Gasteiger partial charge in [0.2, 0.25) is 11.8 Å². The van der Waals surface area contributed by atoms with Crippen molar-refractivity contribution in [3.8, 4) is 0 Å². The normalized spacial score (nSPS) is 17.2. The topological polar surface area (TPSA) is 49.4 Å². The van der Waals surface area contributed by atoms with Crippen LogP contribution in [-0.2, 0) is 9.59 Å². The fraction of sp³-hybridized carbons (Fsp3) is 0.529. The van der Waals surface area contributed by atoms with Crippen molar-refractivity contribution in [2.75, 3.05) is 13.1 Å². The van der Waals surface area contributed by atoms with E-state index in [0.717, 1.165) is 12.1 Å². The van der Waals surface area contributed by atoms with Gasteiger partial charge in [0, 0.05) is 19.4 Å². The average molecular weight is 288 g/mol. The highest BCUT2D eigenvalue weighted by Crippen LogP contribution is 2.22. The molecule has 0 radical (unpaired) electrons. The van der Waals surface area contributed by atoms with Crippen molar-refractivity contribution in [1.82, 2.24) is 10.2 Å². The molecule has 0 bridgehead atoms. The van der Waals surface area contributed by atoms with Crippen molar-refractivity contribution in [2.24, 2.45) is 0 Å². The molecule has 1 heterocycles. The summed E-state index contributed by atoms with van der Waals surface area (Å²) >= 11 is 0. The number of imide groups is 1. The SMILES string of the molecule is CCNC(CN1C(=O)CCCC1=O)c1ccc(C)cc1C. The van der Waals surface area contributed by atoms with Crippen molar-refractivity contribution in [1.29, 1.82) is 0 Å². The van der Waals surface area contributed by atoms with Gasteiger partial charge in [-0.05, 0) is 37.9 Å². The highest BCUT2D eigenvalue weighted by molar-refractivity contribution is 5.97. The van der Waals surface area contributed by atoms with Crippen LogP contribution in [0.2, 0.25) is 0 Å². The Labute approximate surface area is 126 Å². The molecular weight excluding hydrogens is 264 g/mol.